The Balaban J connectivity index is 2.81. The fraction of sp³-hybridized carbons (Fsp3) is 0.385. The van der Waals surface area contributed by atoms with Crippen LogP contribution >= 0.6 is 0 Å². The largest absolute Gasteiger partial charge is 0.491 e. The number of hydrogen-bond acceptors (Lipinski definition) is 2. The zero-order valence-corrected chi connectivity index (χ0v) is 9.45. The quantitative estimate of drug-likeness (QED) is 0.666. The lowest BCUT2D eigenvalue weighted by molar-refractivity contribution is 0.146. The summed E-state index contributed by atoms with van der Waals surface area (Å²) in [6.07, 6.45) is 2.81. The average molecular weight is 206 g/mol. The van der Waals surface area contributed by atoms with E-state index in [1.54, 1.807) is 7.11 Å². The van der Waals surface area contributed by atoms with E-state index in [9.17, 15) is 0 Å². The van der Waals surface area contributed by atoms with Crippen molar-refractivity contribution in [2.24, 2.45) is 0 Å². The van der Waals surface area contributed by atoms with E-state index in [-0.39, 0.29) is 0 Å². The third-order valence-electron chi connectivity index (χ3n) is 2.29. The summed E-state index contributed by atoms with van der Waals surface area (Å²) in [5.41, 5.74) is 2.36. The second-order valence-electron chi connectivity index (χ2n) is 3.22. The van der Waals surface area contributed by atoms with Crippen LogP contribution in [-0.2, 0) is 11.2 Å². The van der Waals surface area contributed by atoms with Crippen LogP contribution in [0.4, 0.5) is 0 Å². The Morgan fingerprint density at radius 1 is 1.33 bits per heavy atom. The summed E-state index contributed by atoms with van der Waals surface area (Å²) in [4.78, 5) is 0. The normalized spacial score (nSPS) is 10.0. The maximum atomic E-state index is 5.64. The summed E-state index contributed by atoms with van der Waals surface area (Å²) >= 11 is 0. The SMILES string of the molecule is C=Cc1cccc(OCCOC)c1CC. The third kappa shape index (κ3) is 3.10. The van der Waals surface area contributed by atoms with E-state index < -0.39 is 0 Å². The zero-order valence-electron chi connectivity index (χ0n) is 9.45. The molecule has 0 radical (unpaired) electrons. The van der Waals surface area contributed by atoms with Crippen molar-refractivity contribution in [1.82, 2.24) is 0 Å². The van der Waals surface area contributed by atoms with E-state index in [2.05, 4.69) is 19.6 Å². The molecule has 0 heterocycles. The minimum atomic E-state index is 0.587. The molecule has 0 saturated heterocycles. The maximum Gasteiger partial charge on any atom is 0.123 e. The van der Waals surface area contributed by atoms with Crippen LogP contribution < -0.4 is 4.74 Å². The van der Waals surface area contributed by atoms with Crippen molar-refractivity contribution in [2.75, 3.05) is 20.3 Å². The number of rotatable bonds is 6. The van der Waals surface area contributed by atoms with Gasteiger partial charge in [-0.1, -0.05) is 31.7 Å². The minimum absolute atomic E-state index is 0.587. The summed E-state index contributed by atoms with van der Waals surface area (Å²) in [5, 5.41) is 0. The minimum Gasteiger partial charge on any atom is -0.491 e. The second-order valence-corrected chi connectivity index (χ2v) is 3.22. The molecule has 0 aliphatic heterocycles. The lowest BCUT2D eigenvalue weighted by atomic mass is 10.0. The first kappa shape index (κ1) is 11.8. The van der Waals surface area contributed by atoms with Crippen molar-refractivity contribution >= 4 is 6.08 Å². The van der Waals surface area contributed by atoms with Crippen LogP contribution in [0.15, 0.2) is 24.8 Å². The third-order valence-corrected chi connectivity index (χ3v) is 2.29. The summed E-state index contributed by atoms with van der Waals surface area (Å²) < 4.78 is 10.6. The Labute approximate surface area is 91.5 Å². The van der Waals surface area contributed by atoms with Gasteiger partial charge in [0.1, 0.15) is 12.4 Å². The van der Waals surface area contributed by atoms with E-state index in [4.69, 9.17) is 9.47 Å². The predicted octanol–water partition coefficient (Wildman–Crippen LogP) is 2.92. The van der Waals surface area contributed by atoms with Gasteiger partial charge in [0, 0.05) is 12.7 Å². The Morgan fingerprint density at radius 3 is 2.73 bits per heavy atom. The summed E-state index contributed by atoms with van der Waals surface area (Å²) in [6.45, 7) is 7.11. The van der Waals surface area contributed by atoms with E-state index in [1.807, 2.05) is 18.2 Å². The van der Waals surface area contributed by atoms with Crippen molar-refractivity contribution in [3.05, 3.63) is 35.9 Å². The summed E-state index contributed by atoms with van der Waals surface area (Å²) in [5.74, 6) is 0.937. The van der Waals surface area contributed by atoms with Crippen molar-refractivity contribution in [3.8, 4) is 5.75 Å². The molecule has 2 nitrogen and oxygen atoms in total. The first-order valence-corrected chi connectivity index (χ1v) is 5.19. The highest BCUT2D eigenvalue weighted by Gasteiger charge is 2.04. The molecule has 1 rings (SSSR count). The van der Waals surface area contributed by atoms with Crippen LogP contribution in [0.2, 0.25) is 0 Å². The molecule has 0 unspecified atom stereocenters. The number of methoxy groups -OCH3 is 1. The number of ether oxygens (including phenoxy) is 2. The van der Waals surface area contributed by atoms with Gasteiger partial charge >= 0.3 is 0 Å². The topological polar surface area (TPSA) is 18.5 Å². The molecule has 0 aliphatic carbocycles. The Bertz CT molecular complexity index is 318. The zero-order chi connectivity index (χ0) is 11.1. The smallest absolute Gasteiger partial charge is 0.123 e. The molecule has 1 aromatic rings. The molecule has 82 valence electrons. The fourth-order valence-corrected chi connectivity index (χ4v) is 1.52. The molecule has 0 spiro atoms. The van der Waals surface area contributed by atoms with E-state index >= 15 is 0 Å². The lowest BCUT2D eigenvalue weighted by Crippen LogP contribution is -2.06. The van der Waals surface area contributed by atoms with Gasteiger partial charge < -0.3 is 9.47 Å². The molecule has 0 fully saturated rings. The first-order chi connectivity index (χ1) is 7.33. The van der Waals surface area contributed by atoms with Crippen molar-refractivity contribution < 1.29 is 9.47 Å². The van der Waals surface area contributed by atoms with Crippen molar-refractivity contribution in [3.63, 3.8) is 0 Å². The van der Waals surface area contributed by atoms with Crippen LogP contribution in [0.25, 0.3) is 6.08 Å². The van der Waals surface area contributed by atoms with Gasteiger partial charge in [-0.25, -0.2) is 0 Å². The van der Waals surface area contributed by atoms with Crippen LogP contribution in [0.1, 0.15) is 18.1 Å². The van der Waals surface area contributed by atoms with Gasteiger partial charge in [0.25, 0.3) is 0 Å². The van der Waals surface area contributed by atoms with Gasteiger partial charge in [0.2, 0.25) is 0 Å². The molecule has 0 aromatic heterocycles. The monoisotopic (exact) mass is 206 g/mol. The van der Waals surface area contributed by atoms with E-state index in [1.165, 1.54) is 5.56 Å². The maximum absolute atomic E-state index is 5.64. The second kappa shape index (κ2) is 6.25. The predicted molar refractivity (Wildman–Crippen MR) is 63.3 cm³/mol. The highest BCUT2D eigenvalue weighted by atomic mass is 16.5. The summed E-state index contributed by atoms with van der Waals surface area (Å²) in [6, 6.07) is 6.02. The standard InChI is InChI=1S/C13H18O2/c1-4-11-7-6-8-13(12(11)5-2)15-10-9-14-3/h4,6-8H,1,5,9-10H2,2-3H3. The molecule has 0 saturated carbocycles. The molecule has 2 heteroatoms. The van der Waals surface area contributed by atoms with Crippen LogP contribution in [0.5, 0.6) is 5.75 Å². The summed E-state index contributed by atoms with van der Waals surface area (Å²) in [7, 11) is 1.67. The molecule has 0 bridgehead atoms. The molecule has 0 aliphatic rings. The number of benzene rings is 1. The van der Waals surface area contributed by atoms with Gasteiger partial charge in [-0.2, -0.15) is 0 Å². The Kier molecular flexibility index (Phi) is 4.91. The van der Waals surface area contributed by atoms with Crippen molar-refractivity contribution in [1.29, 1.82) is 0 Å². The molecular formula is C13H18O2. The Hall–Kier alpha value is -1.28. The van der Waals surface area contributed by atoms with E-state index in [0.29, 0.717) is 13.2 Å². The molecule has 15 heavy (non-hydrogen) atoms. The van der Waals surface area contributed by atoms with Gasteiger partial charge in [-0.05, 0) is 18.1 Å². The number of hydrogen-bond donors (Lipinski definition) is 0. The van der Waals surface area contributed by atoms with Crippen LogP contribution in [0.3, 0.4) is 0 Å². The molecular weight excluding hydrogens is 188 g/mol. The fourth-order valence-electron chi connectivity index (χ4n) is 1.52. The lowest BCUT2D eigenvalue weighted by Gasteiger charge is -2.12. The van der Waals surface area contributed by atoms with Crippen molar-refractivity contribution in [2.45, 2.75) is 13.3 Å². The van der Waals surface area contributed by atoms with E-state index in [0.717, 1.165) is 17.7 Å². The average Bonchev–Trinajstić information content (AvgIpc) is 2.29. The first-order valence-electron chi connectivity index (χ1n) is 5.19. The van der Waals surface area contributed by atoms with Gasteiger partial charge in [0.05, 0.1) is 6.61 Å². The highest BCUT2D eigenvalue weighted by molar-refractivity contribution is 5.56. The van der Waals surface area contributed by atoms with Crippen LogP contribution in [-0.4, -0.2) is 20.3 Å². The molecule has 0 atom stereocenters. The molecule has 0 N–H and O–H groups in total. The van der Waals surface area contributed by atoms with Gasteiger partial charge in [-0.15, -0.1) is 0 Å². The van der Waals surface area contributed by atoms with Gasteiger partial charge in [-0.3, -0.25) is 0 Å². The highest BCUT2D eigenvalue weighted by Crippen LogP contribution is 2.23. The van der Waals surface area contributed by atoms with Crippen LogP contribution in [0, 0.1) is 0 Å². The molecule has 0 amide bonds. The van der Waals surface area contributed by atoms with Gasteiger partial charge in [0.15, 0.2) is 0 Å². The molecule has 1 aromatic carbocycles. The Morgan fingerprint density at radius 2 is 2.13 bits per heavy atom.